The Bertz CT molecular complexity index is 585. The van der Waals surface area contributed by atoms with Crippen molar-refractivity contribution < 1.29 is 8.42 Å². The summed E-state index contributed by atoms with van der Waals surface area (Å²) in [7, 11) is -3.49. The second-order valence-electron chi connectivity index (χ2n) is 5.40. The smallest absolute Gasteiger partial charge is 0.207 e. The number of nitrogens with zero attached hydrogens (tertiary/aromatic N) is 1. The Labute approximate surface area is 140 Å². The predicted molar refractivity (Wildman–Crippen MR) is 90.1 cm³/mol. The lowest BCUT2D eigenvalue weighted by Gasteiger charge is -2.32. The summed E-state index contributed by atoms with van der Waals surface area (Å²) in [5, 5.41) is 0. The van der Waals surface area contributed by atoms with E-state index in [0.717, 1.165) is 31.2 Å². The molecule has 1 aromatic carbocycles. The van der Waals surface area contributed by atoms with E-state index in [1.54, 1.807) is 16.4 Å². The van der Waals surface area contributed by atoms with Crippen LogP contribution in [0.5, 0.6) is 0 Å². The highest BCUT2D eigenvalue weighted by Crippen LogP contribution is 2.31. The van der Waals surface area contributed by atoms with Gasteiger partial charge in [0.1, 0.15) is 0 Å². The van der Waals surface area contributed by atoms with Crippen molar-refractivity contribution in [1.29, 1.82) is 0 Å². The van der Waals surface area contributed by atoms with Crippen LogP contribution in [0.2, 0.25) is 0 Å². The molecule has 2 rings (SSSR count). The predicted octanol–water partition coefficient (Wildman–Crippen LogP) is 4.53. The van der Waals surface area contributed by atoms with Gasteiger partial charge in [0, 0.05) is 22.9 Å². The van der Waals surface area contributed by atoms with Crippen LogP contribution in [0.15, 0.2) is 27.6 Å². The number of sulfonamides is 1. The first-order valence-corrected chi connectivity index (χ1v) is 10.1. The van der Waals surface area contributed by atoms with Gasteiger partial charge in [0.25, 0.3) is 0 Å². The van der Waals surface area contributed by atoms with Gasteiger partial charge in [-0.1, -0.05) is 32.3 Å². The maximum absolute atomic E-state index is 13.0. The fourth-order valence-electron chi connectivity index (χ4n) is 2.95. The van der Waals surface area contributed by atoms with E-state index >= 15 is 0 Å². The van der Waals surface area contributed by atoms with Crippen molar-refractivity contribution >= 4 is 37.6 Å². The van der Waals surface area contributed by atoms with Crippen LogP contribution in [0.1, 0.15) is 44.6 Å². The SMILES string of the molecule is CCN(C1CCCCC1)S(=O)(=O)c1cc(CCl)ccc1Br. The monoisotopic (exact) mass is 393 g/mol. The molecular weight excluding hydrogens is 374 g/mol. The van der Waals surface area contributed by atoms with Gasteiger partial charge in [-0.2, -0.15) is 4.31 Å². The summed E-state index contributed by atoms with van der Waals surface area (Å²) >= 11 is 9.21. The zero-order chi connectivity index (χ0) is 15.5. The lowest BCUT2D eigenvalue weighted by Crippen LogP contribution is -2.41. The van der Waals surface area contributed by atoms with E-state index in [4.69, 9.17) is 11.6 Å². The zero-order valence-corrected chi connectivity index (χ0v) is 15.3. The second-order valence-corrected chi connectivity index (χ2v) is 8.38. The van der Waals surface area contributed by atoms with Gasteiger partial charge in [0.15, 0.2) is 0 Å². The maximum Gasteiger partial charge on any atom is 0.244 e. The number of rotatable bonds is 5. The summed E-state index contributed by atoms with van der Waals surface area (Å²) in [6, 6.07) is 5.41. The average molecular weight is 395 g/mol. The standard InChI is InChI=1S/C15H21BrClNO2S/c1-2-18(13-6-4-3-5-7-13)21(19,20)15-10-12(11-17)8-9-14(15)16/h8-10,13H,2-7,11H2,1H3. The minimum atomic E-state index is -3.49. The number of hydrogen-bond acceptors (Lipinski definition) is 2. The molecule has 3 nitrogen and oxygen atoms in total. The normalized spacial score (nSPS) is 17.3. The van der Waals surface area contributed by atoms with E-state index in [9.17, 15) is 8.42 Å². The Balaban J connectivity index is 2.38. The van der Waals surface area contributed by atoms with Gasteiger partial charge in [-0.3, -0.25) is 0 Å². The lowest BCUT2D eigenvalue weighted by atomic mass is 9.95. The molecule has 118 valence electrons. The molecule has 1 aliphatic carbocycles. The molecule has 0 heterocycles. The van der Waals surface area contributed by atoms with Gasteiger partial charge in [-0.05, 0) is 46.5 Å². The van der Waals surface area contributed by atoms with Gasteiger partial charge in [0.05, 0.1) is 4.90 Å². The van der Waals surface area contributed by atoms with E-state index in [1.165, 1.54) is 6.42 Å². The van der Waals surface area contributed by atoms with Crippen molar-refractivity contribution in [2.24, 2.45) is 0 Å². The summed E-state index contributed by atoms with van der Waals surface area (Å²) in [5.41, 5.74) is 0.818. The van der Waals surface area contributed by atoms with Gasteiger partial charge in [-0.15, -0.1) is 11.6 Å². The van der Waals surface area contributed by atoms with E-state index in [1.807, 2.05) is 13.0 Å². The molecule has 0 amide bonds. The van der Waals surface area contributed by atoms with Crippen molar-refractivity contribution in [2.75, 3.05) is 6.54 Å². The Morgan fingerprint density at radius 2 is 1.95 bits per heavy atom. The van der Waals surface area contributed by atoms with Gasteiger partial charge in [0.2, 0.25) is 10.0 Å². The molecule has 0 atom stereocenters. The molecular formula is C15H21BrClNO2S. The summed E-state index contributed by atoms with van der Waals surface area (Å²) in [6.07, 6.45) is 5.35. The molecule has 0 bridgehead atoms. The fraction of sp³-hybridized carbons (Fsp3) is 0.600. The molecule has 1 aromatic rings. The zero-order valence-electron chi connectivity index (χ0n) is 12.2. The molecule has 21 heavy (non-hydrogen) atoms. The Morgan fingerprint density at radius 1 is 1.29 bits per heavy atom. The lowest BCUT2D eigenvalue weighted by molar-refractivity contribution is 0.261. The van der Waals surface area contributed by atoms with Crippen LogP contribution >= 0.6 is 27.5 Å². The summed E-state index contributed by atoms with van der Waals surface area (Å²) in [6.45, 7) is 2.41. The quantitative estimate of drug-likeness (QED) is 0.688. The highest BCUT2D eigenvalue weighted by molar-refractivity contribution is 9.10. The molecule has 1 saturated carbocycles. The third kappa shape index (κ3) is 3.81. The maximum atomic E-state index is 13.0. The van der Waals surface area contributed by atoms with Crippen LogP contribution in [0.3, 0.4) is 0 Å². The molecule has 0 aliphatic heterocycles. The van der Waals surface area contributed by atoms with Crippen LogP contribution in [0.25, 0.3) is 0 Å². The van der Waals surface area contributed by atoms with Crippen LogP contribution in [0, 0.1) is 0 Å². The van der Waals surface area contributed by atoms with Crippen LogP contribution in [-0.2, 0) is 15.9 Å². The minimum absolute atomic E-state index is 0.125. The van der Waals surface area contributed by atoms with Crippen molar-refractivity contribution in [3.8, 4) is 0 Å². The van der Waals surface area contributed by atoms with Crippen LogP contribution in [-0.4, -0.2) is 25.3 Å². The van der Waals surface area contributed by atoms with E-state index < -0.39 is 10.0 Å². The number of alkyl halides is 1. The third-order valence-electron chi connectivity index (χ3n) is 4.03. The average Bonchev–Trinajstić information content (AvgIpc) is 2.49. The molecule has 0 radical (unpaired) electrons. The molecule has 1 aliphatic rings. The molecule has 0 saturated heterocycles. The summed E-state index contributed by atoms with van der Waals surface area (Å²) < 4.78 is 28.3. The highest BCUT2D eigenvalue weighted by atomic mass is 79.9. The number of halogens is 2. The number of hydrogen-bond donors (Lipinski definition) is 0. The van der Waals surface area contributed by atoms with E-state index in [0.29, 0.717) is 21.8 Å². The Morgan fingerprint density at radius 3 is 2.52 bits per heavy atom. The minimum Gasteiger partial charge on any atom is -0.207 e. The second kappa shape index (κ2) is 7.44. The Kier molecular flexibility index (Phi) is 6.12. The topological polar surface area (TPSA) is 37.4 Å². The first kappa shape index (κ1) is 17.3. The number of benzene rings is 1. The van der Waals surface area contributed by atoms with Crippen molar-refractivity contribution in [3.63, 3.8) is 0 Å². The fourth-order valence-corrected chi connectivity index (χ4v) is 5.79. The Hall–Kier alpha value is -0.100. The molecule has 0 spiro atoms. The molecule has 6 heteroatoms. The van der Waals surface area contributed by atoms with Crippen molar-refractivity contribution in [2.45, 2.75) is 55.8 Å². The molecule has 0 aromatic heterocycles. The van der Waals surface area contributed by atoms with E-state index in [2.05, 4.69) is 15.9 Å². The molecule has 0 unspecified atom stereocenters. The molecule has 1 fully saturated rings. The van der Waals surface area contributed by atoms with Gasteiger partial charge >= 0.3 is 0 Å². The molecule has 0 N–H and O–H groups in total. The van der Waals surface area contributed by atoms with E-state index in [-0.39, 0.29) is 6.04 Å². The first-order valence-electron chi connectivity index (χ1n) is 7.37. The first-order chi connectivity index (χ1) is 10.0. The van der Waals surface area contributed by atoms with Crippen molar-refractivity contribution in [3.05, 3.63) is 28.2 Å². The van der Waals surface area contributed by atoms with Crippen LogP contribution in [0.4, 0.5) is 0 Å². The van der Waals surface area contributed by atoms with Gasteiger partial charge in [-0.25, -0.2) is 8.42 Å². The highest BCUT2D eigenvalue weighted by Gasteiger charge is 2.32. The summed E-state index contributed by atoms with van der Waals surface area (Å²) in [4.78, 5) is 0.327. The third-order valence-corrected chi connectivity index (χ3v) is 7.36. The van der Waals surface area contributed by atoms with Crippen molar-refractivity contribution in [1.82, 2.24) is 4.31 Å². The largest absolute Gasteiger partial charge is 0.244 e. The van der Waals surface area contributed by atoms with Gasteiger partial charge < -0.3 is 0 Å². The summed E-state index contributed by atoms with van der Waals surface area (Å²) in [5.74, 6) is 0.311. The van der Waals surface area contributed by atoms with Crippen LogP contribution < -0.4 is 0 Å².